The lowest BCUT2D eigenvalue weighted by molar-refractivity contribution is -0.136. The summed E-state index contributed by atoms with van der Waals surface area (Å²) in [7, 11) is -4.26. The molecule has 0 aliphatic carbocycles. The predicted octanol–water partition coefficient (Wildman–Crippen LogP) is 1.87. The Balaban J connectivity index is 0.932. The lowest BCUT2D eigenvalue weighted by Gasteiger charge is -2.36. The molecule has 1 amide bonds. The number of hydrogen-bond acceptors (Lipinski definition) is 25. The number of nitrogens with zero attached hydrogens (tertiary/aromatic N) is 5. The van der Waals surface area contributed by atoms with E-state index in [1.165, 1.54) is 6.21 Å². The Kier molecular flexibility index (Phi) is 32.8. The molecule has 4 unspecified atom stereocenters. The van der Waals surface area contributed by atoms with Crippen molar-refractivity contribution in [1.29, 1.82) is 5.41 Å². The van der Waals surface area contributed by atoms with Crippen LogP contribution < -0.4 is 26.1 Å². The zero-order chi connectivity index (χ0) is 54.8. The zero-order valence-corrected chi connectivity index (χ0v) is 44.2. The van der Waals surface area contributed by atoms with Gasteiger partial charge in [-0.1, -0.05) is 0 Å². The summed E-state index contributed by atoms with van der Waals surface area (Å²) in [6, 6.07) is 0.0416. The van der Waals surface area contributed by atoms with Crippen molar-refractivity contribution in [2.75, 3.05) is 161 Å². The number of rotatable bonds is 41. The highest BCUT2D eigenvalue weighted by Crippen LogP contribution is 2.44. The van der Waals surface area contributed by atoms with Gasteiger partial charge in [-0.3, -0.25) is 14.6 Å². The van der Waals surface area contributed by atoms with Gasteiger partial charge in [0.25, 0.3) is 0 Å². The number of halogens is 4. The van der Waals surface area contributed by atoms with Crippen LogP contribution in [0.5, 0.6) is 5.75 Å². The molecule has 8 N–H and O–H groups in total. The maximum absolute atomic E-state index is 13.6. The third-order valence-electron chi connectivity index (χ3n) is 10.2. The molecule has 2 aliphatic rings. The second kappa shape index (κ2) is 38.6. The van der Waals surface area contributed by atoms with Crippen molar-refractivity contribution in [3.8, 4) is 5.75 Å². The Morgan fingerprint density at radius 1 is 0.868 bits per heavy atom. The molecule has 2 aliphatic heterocycles. The molecule has 4 atom stereocenters. The fourth-order valence-corrected chi connectivity index (χ4v) is 8.37. The van der Waals surface area contributed by atoms with Gasteiger partial charge >= 0.3 is 5.97 Å². The topological polar surface area (TPSA) is 333 Å². The van der Waals surface area contributed by atoms with E-state index >= 15 is 0 Å². The van der Waals surface area contributed by atoms with Crippen LogP contribution in [-0.2, 0) is 61.5 Å². The third kappa shape index (κ3) is 26.1. The highest BCUT2D eigenvalue weighted by Gasteiger charge is 2.34. The summed E-state index contributed by atoms with van der Waals surface area (Å²) >= 11 is 6.34. The Bertz CT molecular complexity index is 2070. The molecule has 1 aromatic carbocycles. The Morgan fingerprint density at radius 3 is 2.09 bits per heavy atom. The zero-order valence-electron chi connectivity index (χ0n) is 41.7. The number of aromatic nitrogens is 2. The van der Waals surface area contributed by atoms with Crippen LogP contribution in [0.15, 0.2) is 22.2 Å². The Labute approximate surface area is 444 Å². The number of aliphatic imine (C=N–C) groups is 1. The average Bonchev–Trinajstić information content (AvgIpc) is 3.85. The van der Waals surface area contributed by atoms with Crippen molar-refractivity contribution in [1.82, 2.24) is 15.3 Å². The Morgan fingerprint density at radius 2 is 1.47 bits per heavy atom. The van der Waals surface area contributed by atoms with E-state index in [9.17, 15) is 27.7 Å². The number of hydrogen-bond donors (Lipinski definition) is 7. The molecule has 1 aromatic heterocycles. The van der Waals surface area contributed by atoms with E-state index in [4.69, 9.17) is 84.5 Å². The van der Waals surface area contributed by atoms with Crippen molar-refractivity contribution in [3.05, 3.63) is 40.4 Å². The van der Waals surface area contributed by atoms with Crippen molar-refractivity contribution < 1.29 is 94.1 Å². The minimum Gasteiger partial charge on any atom is -0.420 e. The molecule has 0 spiro atoms. The highest BCUT2D eigenvalue weighted by atomic mass is 35.5. The number of carbonyl (C=O) groups is 2. The van der Waals surface area contributed by atoms with Crippen LogP contribution in [0.1, 0.15) is 24.8 Å². The molecule has 2 aromatic rings. The lowest BCUT2D eigenvalue weighted by atomic mass is 10.1. The van der Waals surface area contributed by atoms with Crippen LogP contribution in [0.3, 0.4) is 0 Å². The number of carbonyl (C=O) groups excluding carboxylic acids is 2. The summed E-state index contributed by atoms with van der Waals surface area (Å²) in [4.78, 5) is 67.8. The van der Waals surface area contributed by atoms with Gasteiger partial charge in [-0.25, -0.2) is 13.2 Å². The number of ether oxygens (including phenoxy) is 11. The second-order valence-electron chi connectivity index (χ2n) is 15.8. The van der Waals surface area contributed by atoms with Crippen LogP contribution in [0.25, 0.3) is 0 Å². The summed E-state index contributed by atoms with van der Waals surface area (Å²) < 4.78 is 105. The molecule has 0 bridgehead atoms. The van der Waals surface area contributed by atoms with Gasteiger partial charge in [-0.05, 0) is 24.4 Å². The first-order valence-electron chi connectivity index (χ1n) is 24.0. The van der Waals surface area contributed by atoms with E-state index < -0.39 is 58.2 Å². The molecule has 4 rings (SSSR count). The van der Waals surface area contributed by atoms with Gasteiger partial charge in [0.15, 0.2) is 28.4 Å². The van der Waals surface area contributed by atoms with Gasteiger partial charge in [0.2, 0.25) is 16.9 Å². The van der Waals surface area contributed by atoms with E-state index in [0.717, 1.165) is 6.21 Å². The second-order valence-corrected chi connectivity index (χ2v) is 19.0. The van der Waals surface area contributed by atoms with Gasteiger partial charge < -0.3 is 98.1 Å². The van der Waals surface area contributed by atoms with Gasteiger partial charge in [-0.2, -0.15) is 15.1 Å². The largest absolute Gasteiger partial charge is 0.420 e. The van der Waals surface area contributed by atoms with E-state index in [1.807, 2.05) is 0 Å². The van der Waals surface area contributed by atoms with Crippen LogP contribution in [-0.4, -0.2) is 224 Å². The Hall–Kier alpha value is -3.97. The fourth-order valence-electron chi connectivity index (χ4n) is 6.68. The summed E-state index contributed by atoms with van der Waals surface area (Å²) in [5, 5.41) is 17.8. The fraction of sp³-hybridized carbons (Fsp3) is 0.659. The quantitative estimate of drug-likeness (QED) is 0.00730. The summed E-state index contributed by atoms with van der Waals surface area (Å²) in [5.74, 6) is -0.269. The van der Waals surface area contributed by atoms with Crippen LogP contribution in [0, 0.1) is 22.9 Å². The smallest absolute Gasteiger partial charge is 0.313 e. The number of nitrogens with one attached hydrogen (secondary N) is 3. The summed E-state index contributed by atoms with van der Waals surface area (Å²) in [5.41, 5.74) is 0.730. The SMILES string of the molecule is N=Cc1c(NC2CCC(COP(O)CP(O)O)O2)nc(Cl)nc1N1CCOCC1C(=O)NCCOCCOCCOCCOC/C(C=NCCOCCOCCOCCOCCC(=O)Oc1c(F)cc(F)cc1F)=N/N. The van der Waals surface area contributed by atoms with Gasteiger partial charge in [0.05, 0.1) is 156 Å². The van der Waals surface area contributed by atoms with Crippen LogP contribution >= 0.6 is 28.4 Å². The number of anilines is 2. The molecular weight excluding hydrogens is 1080 g/mol. The molecule has 26 nitrogen and oxygen atoms in total. The maximum atomic E-state index is 13.6. The summed E-state index contributed by atoms with van der Waals surface area (Å²) in [6.07, 6.45) is 2.56. The standard InChI is InChI=1S/C44H67ClF3N9O17P2/c45-44-54-41(53-38-2-1-33(73-38)28-72-76(62)30-75(60)61)34(25-49)42(55-44)57-6-10-70-29-37(57)43(59)52-5-9-65-13-16-68-19-20-69-21-22-71-27-32(56-50)26-51-4-8-64-12-15-67-18-17-66-14-11-63-7-3-39(58)74-40-35(47)23-31(46)24-36(40)48/h23-26,33,37-38,49,60-62H,1-22,27-30,50H2,(H,52,59)(H,53,54,55)/b49-25?,51-26?,56-32+. The van der Waals surface area contributed by atoms with E-state index in [1.54, 1.807) is 4.90 Å². The van der Waals surface area contributed by atoms with E-state index in [2.05, 4.69) is 35.4 Å². The molecule has 0 radical (unpaired) electrons. The molecule has 0 saturated carbocycles. The monoisotopic (exact) mass is 1150 g/mol. The lowest BCUT2D eigenvalue weighted by Crippen LogP contribution is -2.55. The maximum Gasteiger partial charge on any atom is 0.313 e. The number of hydrazone groups is 1. The third-order valence-corrected chi connectivity index (χ3v) is 12.8. The molecule has 2 saturated heterocycles. The highest BCUT2D eigenvalue weighted by molar-refractivity contribution is 7.63. The first kappa shape index (κ1) is 64.6. The summed E-state index contributed by atoms with van der Waals surface area (Å²) in [6.45, 7) is 5.54. The first-order chi connectivity index (χ1) is 36.9. The molecule has 2 fully saturated rings. The van der Waals surface area contributed by atoms with Crippen LogP contribution in [0.4, 0.5) is 24.8 Å². The van der Waals surface area contributed by atoms with E-state index in [0.29, 0.717) is 129 Å². The van der Waals surface area contributed by atoms with E-state index in [-0.39, 0.29) is 94.0 Å². The van der Waals surface area contributed by atoms with Crippen molar-refractivity contribution in [3.63, 3.8) is 0 Å². The first-order valence-corrected chi connectivity index (χ1v) is 27.2. The predicted molar refractivity (Wildman–Crippen MR) is 271 cm³/mol. The van der Waals surface area contributed by atoms with Crippen molar-refractivity contribution in [2.24, 2.45) is 15.9 Å². The van der Waals surface area contributed by atoms with Crippen molar-refractivity contribution in [2.45, 2.75) is 37.6 Å². The number of morpholine rings is 1. The molecule has 428 valence electrons. The molecule has 32 heteroatoms. The number of amides is 1. The molecule has 3 heterocycles. The molecular formula is C44H67ClF3N9O17P2. The molecule has 76 heavy (non-hydrogen) atoms. The van der Waals surface area contributed by atoms with Crippen molar-refractivity contribution >= 4 is 70.0 Å². The number of benzene rings is 1. The number of nitrogens with two attached hydrogens (primary N) is 1. The minimum atomic E-state index is -2.27. The van der Waals surface area contributed by atoms with Gasteiger partial charge in [0.1, 0.15) is 35.4 Å². The number of esters is 1. The normalized spacial score (nSPS) is 17.4. The van der Waals surface area contributed by atoms with Crippen LogP contribution in [0.2, 0.25) is 5.28 Å². The minimum absolute atomic E-state index is 0.0614. The average molecular weight is 1150 g/mol. The van der Waals surface area contributed by atoms with Gasteiger partial charge in [0, 0.05) is 37.7 Å². The van der Waals surface area contributed by atoms with Gasteiger partial charge in [-0.15, -0.1) is 0 Å².